The van der Waals surface area contributed by atoms with Crippen molar-refractivity contribution in [2.45, 2.75) is 51.9 Å². The Hall–Kier alpha value is -1.25. The summed E-state index contributed by atoms with van der Waals surface area (Å²) in [5.74, 6) is -2.24. The first-order valence-corrected chi connectivity index (χ1v) is 7.38. The molecule has 0 amide bonds. The van der Waals surface area contributed by atoms with Gasteiger partial charge in [-0.25, -0.2) is 8.78 Å². The monoisotopic (exact) mass is 280 g/mol. The third-order valence-corrected chi connectivity index (χ3v) is 3.94. The Morgan fingerprint density at radius 3 is 2.55 bits per heavy atom. The van der Waals surface area contributed by atoms with Gasteiger partial charge in [-0.05, 0) is 36.8 Å². The number of Topliss-reactive ketones (excluding diaryl/α,β-unsaturated/α-hetero) is 1. The summed E-state index contributed by atoms with van der Waals surface area (Å²) in [5.41, 5.74) is 1.82. The lowest BCUT2D eigenvalue weighted by Gasteiger charge is -2.27. The standard InChI is InChI=1S/C17H22F2O/c1-12(2)10-13-4-3-5-15(11-13)16(20)14-6-8-17(18,19)9-7-14/h3-5,11-12,14H,6-10H2,1-2H3. The van der Waals surface area contributed by atoms with Crippen molar-refractivity contribution >= 4 is 5.78 Å². The molecule has 0 spiro atoms. The molecule has 0 heterocycles. The van der Waals surface area contributed by atoms with Gasteiger partial charge < -0.3 is 0 Å². The molecule has 0 N–H and O–H groups in total. The van der Waals surface area contributed by atoms with Crippen LogP contribution < -0.4 is 0 Å². The molecule has 1 nitrogen and oxygen atoms in total. The lowest BCUT2D eigenvalue weighted by molar-refractivity contribution is -0.0424. The molecule has 0 aliphatic heterocycles. The van der Waals surface area contributed by atoms with E-state index < -0.39 is 5.92 Å². The molecule has 3 heteroatoms. The summed E-state index contributed by atoms with van der Waals surface area (Å²) in [6.07, 6.45) is 1.23. The van der Waals surface area contributed by atoms with E-state index in [4.69, 9.17) is 0 Å². The van der Waals surface area contributed by atoms with Gasteiger partial charge in [0.2, 0.25) is 5.92 Å². The summed E-state index contributed by atoms with van der Waals surface area (Å²) >= 11 is 0. The summed E-state index contributed by atoms with van der Waals surface area (Å²) in [5, 5.41) is 0. The number of carbonyl (C=O) groups excluding carboxylic acids is 1. The van der Waals surface area contributed by atoms with Crippen molar-refractivity contribution in [2.24, 2.45) is 11.8 Å². The van der Waals surface area contributed by atoms with E-state index in [1.54, 1.807) is 6.07 Å². The second-order valence-corrected chi connectivity index (χ2v) is 6.29. The fourth-order valence-electron chi connectivity index (χ4n) is 2.86. The van der Waals surface area contributed by atoms with Gasteiger partial charge in [0, 0.05) is 24.3 Å². The van der Waals surface area contributed by atoms with E-state index in [0.717, 1.165) is 12.0 Å². The molecule has 0 radical (unpaired) electrons. The molecule has 0 unspecified atom stereocenters. The predicted octanol–water partition coefficient (Wildman–Crippen LogP) is 4.89. The average Bonchev–Trinajstić information content (AvgIpc) is 2.37. The van der Waals surface area contributed by atoms with Gasteiger partial charge in [-0.1, -0.05) is 32.0 Å². The zero-order valence-corrected chi connectivity index (χ0v) is 12.2. The van der Waals surface area contributed by atoms with Crippen molar-refractivity contribution < 1.29 is 13.6 Å². The zero-order chi connectivity index (χ0) is 14.8. The number of hydrogen-bond donors (Lipinski definition) is 0. The van der Waals surface area contributed by atoms with E-state index in [1.807, 2.05) is 18.2 Å². The lowest BCUT2D eigenvalue weighted by Crippen LogP contribution is -2.28. The Labute approximate surface area is 119 Å². The molecule has 1 aliphatic rings. The van der Waals surface area contributed by atoms with Gasteiger partial charge in [0.1, 0.15) is 0 Å². The summed E-state index contributed by atoms with van der Waals surface area (Å²) in [4.78, 5) is 12.4. The minimum Gasteiger partial charge on any atom is -0.294 e. The van der Waals surface area contributed by atoms with E-state index >= 15 is 0 Å². The molecule has 1 aliphatic carbocycles. The largest absolute Gasteiger partial charge is 0.294 e. The molecule has 0 bridgehead atoms. The van der Waals surface area contributed by atoms with Gasteiger partial charge in [0.25, 0.3) is 0 Å². The minimum atomic E-state index is -2.57. The van der Waals surface area contributed by atoms with E-state index in [9.17, 15) is 13.6 Å². The highest BCUT2D eigenvalue weighted by atomic mass is 19.3. The van der Waals surface area contributed by atoms with Crippen molar-refractivity contribution in [3.05, 3.63) is 35.4 Å². The summed E-state index contributed by atoms with van der Waals surface area (Å²) in [6, 6.07) is 7.64. The van der Waals surface area contributed by atoms with Gasteiger partial charge in [0.15, 0.2) is 5.78 Å². The fraction of sp³-hybridized carbons (Fsp3) is 0.588. The van der Waals surface area contributed by atoms with E-state index in [1.165, 1.54) is 0 Å². The Balaban J connectivity index is 2.06. The van der Waals surface area contributed by atoms with E-state index in [0.29, 0.717) is 24.3 Å². The highest BCUT2D eigenvalue weighted by molar-refractivity contribution is 5.98. The van der Waals surface area contributed by atoms with Gasteiger partial charge in [0.05, 0.1) is 0 Å². The van der Waals surface area contributed by atoms with Crippen LogP contribution in [0.2, 0.25) is 0 Å². The molecule has 20 heavy (non-hydrogen) atoms. The maximum atomic E-state index is 13.1. The molecule has 0 atom stereocenters. The Kier molecular flexibility index (Phi) is 4.56. The SMILES string of the molecule is CC(C)Cc1cccc(C(=O)C2CCC(F)(F)CC2)c1. The van der Waals surface area contributed by atoms with Crippen LogP contribution in [0, 0.1) is 11.8 Å². The van der Waals surface area contributed by atoms with Crippen LogP contribution in [-0.2, 0) is 6.42 Å². The first kappa shape index (κ1) is 15.1. The van der Waals surface area contributed by atoms with Crippen LogP contribution in [0.15, 0.2) is 24.3 Å². The molecule has 1 fully saturated rings. The fourth-order valence-corrected chi connectivity index (χ4v) is 2.86. The molecule has 1 aromatic rings. The highest BCUT2D eigenvalue weighted by Crippen LogP contribution is 2.37. The number of ketones is 1. The third kappa shape index (κ3) is 3.87. The lowest BCUT2D eigenvalue weighted by atomic mass is 9.82. The van der Waals surface area contributed by atoms with Crippen LogP contribution in [0.5, 0.6) is 0 Å². The molecular weight excluding hydrogens is 258 g/mol. The third-order valence-electron chi connectivity index (χ3n) is 3.94. The van der Waals surface area contributed by atoms with Crippen LogP contribution in [0.3, 0.4) is 0 Å². The normalized spacial score (nSPS) is 19.2. The second kappa shape index (κ2) is 6.02. The number of hydrogen-bond acceptors (Lipinski definition) is 1. The van der Waals surface area contributed by atoms with Gasteiger partial charge in [-0.3, -0.25) is 4.79 Å². The van der Waals surface area contributed by atoms with Gasteiger partial charge in [-0.2, -0.15) is 0 Å². The Morgan fingerprint density at radius 1 is 1.30 bits per heavy atom. The quantitative estimate of drug-likeness (QED) is 0.717. The van der Waals surface area contributed by atoms with Crippen molar-refractivity contribution in [3.63, 3.8) is 0 Å². The molecular formula is C17H22F2O. The molecule has 110 valence electrons. The Morgan fingerprint density at radius 2 is 1.95 bits per heavy atom. The van der Waals surface area contributed by atoms with Crippen LogP contribution in [0.4, 0.5) is 8.78 Å². The van der Waals surface area contributed by atoms with E-state index in [2.05, 4.69) is 13.8 Å². The van der Waals surface area contributed by atoms with Crippen molar-refractivity contribution in [2.75, 3.05) is 0 Å². The molecule has 0 saturated heterocycles. The highest BCUT2D eigenvalue weighted by Gasteiger charge is 2.37. The summed E-state index contributed by atoms with van der Waals surface area (Å²) in [6.45, 7) is 4.27. The number of rotatable bonds is 4. The zero-order valence-electron chi connectivity index (χ0n) is 12.2. The van der Waals surface area contributed by atoms with Crippen LogP contribution >= 0.6 is 0 Å². The predicted molar refractivity (Wildman–Crippen MR) is 76.2 cm³/mol. The summed E-state index contributed by atoms with van der Waals surface area (Å²) < 4.78 is 26.3. The topological polar surface area (TPSA) is 17.1 Å². The second-order valence-electron chi connectivity index (χ2n) is 6.29. The smallest absolute Gasteiger partial charge is 0.248 e. The molecule has 1 aromatic carbocycles. The van der Waals surface area contributed by atoms with Crippen molar-refractivity contribution in [3.8, 4) is 0 Å². The number of halogens is 2. The summed E-state index contributed by atoms with van der Waals surface area (Å²) in [7, 11) is 0. The maximum absolute atomic E-state index is 13.1. The first-order valence-electron chi connectivity index (χ1n) is 7.38. The van der Waals surface area contributed by atoms with Crippen LogP contribution in [0.1, 0.15) is 55.5 Å². The molecule has 1 saturated carbocycles. The maximum Gasteiger partial charge on any atom is 0.248 e. The van der Waals surface area contributed by atoms with Crippen LogP contribution in [-0.4, -0.2) is 11.7 Å². The van der Waals surface area contributed by atoms with E-state index in [-0.39, 0.29) is 24.5 Å². The minimum absolute atomic E-state index is 0.0334. The van der Waals surface area contributed by atoms with Crippen molar-refractivity contribution in [1.82, 2.24) is 0 Å². The van der Waals surface area contributed by atoms with Gasteiger partial charge >= 0.3 is 0 Å². The number of alkyl halides is 2. The van der Waals surface area contributed by atoms with Crippen molar-refractivity contribution in [1.29, 1.82) is 0 Å². The molecule has 0 aromatic heterocycles. The first-order chi connectivity index (χ1) is 9.37. The molecule has 2 rings (SSSR count). The average molecular weight is 280 g/mol. The van der Waals surface area contributed by atoms with Gasteiger partial charge in [-0.15, -0.1) is 0 Å². The van der Waals surface area contributed by atoms with Crippen LogP contribution in [0.25, 0.3) is 0 Å². The Bertz CT molecular complexity index is 470. The number of benzene rings is 1. The number of carbonyl (C=O) groups is 1.